The van der Waals surface area contributed by atoms with E-state index in [0.29, 0.717) is 22.8 Å². The molecule has 0 aliphatic carbocycles. The number of nitrogens with zero attached hydrogens (tertiary/aromatic N) is 2. The summed E-state index contributed by atoms with van der Waals surface area (Å²) in [6, 6.07) is 12.1. The molecular formula is C30H32N2O5. The van der Waals surface area contributed by atoms with E-state index in [9.17, 15) is 4.79 Å². The van der Waals surface area contributed by atoms with Crippen LogP contribution in [0, 0.1) is 5.41 Å². The van der Waals surface area contributed by atoms with E-state index in [2.05, 4.69) is 58.9 Å². The van der Waals surface area contributed by atoms with E-state index in [-0.39, 0.29) is 18.1 Å². The molecule has 2 atom stereocenters. The molecule has 1 aromatic heterocycles. The summed E-state index contributed by atoms with van der Waals surface area (Å²) in [6.45, 7) is 4.42. The van der Waals surface area contributed by atoms with Crippen LogP contribution < -0.4 is 14.2 Å². The molecule has 7 nitrogen and oxygen atoms in total. The summed E-state index contributed by atoms with van der Waals surface area (Å²) >= 11 is 0. The minimum atomic E-state index is -0.445. The first kappa shape index (κ1) is 23.7. The molecule has 192 valence electrons. The van der Waals surface area contributed by atoms with E-state index in [0.717, 1.165) is 31.6 Å². The van der Waals surface area contributed by atoms with E-state index >= 15 is 0 Å². The van der Waals surface area contributed by atoms with E-state index in [4.69, 9.17) is 18.9 Å². The van der Waals surface area contributed by atoms with Crippen LogP contribution in [0.2, 0.25) is 0 Å². The van der Waals surface area contributed by atoms with Crippen LogP contribution in [0.25, 0.3) is 16.6 Å². The van der Waals surface area contributed by atoms with Crippen molar-refractivity contribution in [1.29, 1.82) is 0 Å². The zero-order valence-electron chi connectivity index (χ0n) is 21.7. The Morgan fingerprint density at radius 3 is 2.54 bits per heavy atom. The summed E-state index contributed by atoms with van der Waals surface area (Å²) in [6.07, 6.45) is 8.98. The molecule has 0 N–H and O–H groups in total. The number of carbonyl (C=O) groups excluding carboxylic acids is 1. The number of para-hydroxylation sites is 1. The molecular weight excluding hydrogens is 468 g/mol. The molecule has 0 saturated heterocycles. The number of carbonyl (C=O) groups is 1. The number of hydrogen-bond donors (Lipinski definition) is 0. The number of rotatable bonds is 7. The number of methoxy groups -OCH3 is 3. The second kappa shape index (κ2) is 8.99. The SMILES string of the molecule is CC[C@]12C=CCN3CCc4c(n(c5ccccc45)C(COC(=O)c4cc(OC)c(OC)c(OC)c4)=C1)[C@@H]32. The number of esters is 1. The Bertz CT molecular complexity index is 1430. The van der Waals surface area contributed by atoms with Crippen molar-refractivity contribution in [3.05, 3.63) is 71.4 Å². The molecule has 37 heavy (non-hydrogen) atoms. The Balaban J connectivity index is 1.41. The van der Waals surface area contributed by atoms with Gasteiger partial charge < -0.3 is 23.5 Å². The molecule has 0 saturated carbocycles. The van der Waals surface area contributed by atoms with Gasteiger partial charge in [0.05, 0.1) is 44.1 Å². The van der Waals surface area contributed by atoms with Crippen molar-refractivity contribution < 1.29 is 23.7 Å². The van der Waals surface area contributed by atoms with Crippen molar-refractivity contribution >= 4 is 22.6 Å². The Morgan fingerprint density at radius 2 is 1.84 bits per heavy atom. The Hall–Kier alpha value is -3.71. The van der Waals surface area contributed by atoms with Crippen molar-refractivity contribution in [2.45, 2.75) is 25.8 Å². The smallest absolute Gasteiger partial charge is 0.338 e. The molecule has 3 aliphatic heterocycles. The zero-order chi connectivity index (χ0) is 25.7. The molecule has 7 heteroatoms. The first-order valence-electron chi connectivity index (χ1n) is 12.8. The highest BCUT2D eigenvalue weighted by Gasteiger charge is 2.48. The molecule has 0 amide bonds. The van der Waals surface area contributed by atoms with Crippen LogP contribution in [-0.2, 0) is 11.2 Å². The van der Waals surface area contributed by atoms with Crippen LogP contribution in [0.5, 0.6) is 17.2 Å². The topological polar surface area (TPSA) is 62.2 Å². The third-order valence-corrected chi connectivity index (χ3v) is 8.16. The van der Waals surface area contributed by atoms with Gasteiger partial charge in [0.2, 0.25) is 5.75 Å². The fourth-order valence-corrected chi connectivity index (χ4v) is 6.48. The molecule has 0 spiro atoms. The third kappa shape index (κ3) is 3.48. The van der Waals surface area contributed by atoms with Crippen molar-refractivity contribution in [1.82, 2.24) is 9.47 Å². The van der Waals surface area contributed by atoms with Gasteiger partial charge in [0, 0.05) is 29.6 Å². The van der Waals surface area contributed by atoms with Crippen molar-refractivity contribution in [2.24, 2.45) is 5.41 Å². The number of aromatic nitrogens is 1. The first-order chi connectivity index (χ1) is 18.0. The van der Waals surface area contributed by atoms with Gasteiger partial charge in [-0.05, 0) is 42.7 Å². The summed E-state index contributed by atoms with van der Waals surface area (Å²) in [4.78, 5) is 15.9. The zero-order valence-corrected chi connectivity index (χ0v) is 21.7. The van der Waals surface area contributed by atoms with E-state index in [1.54, 1.807) is 12.1 Å². The molecule has 0 bridgehead atoms. The highest BCUT2D eigenvalue weighted by atomic mass is 16.5. The maximum atomic E-state index is 13.3. The molecule has 4 heterocycles. The maximum Gasteiger partial charge on any atom is 0.338 e. The van der Waals surface area contributed by atoms with E-state index < -0.39 is 5.97 Å². The van der Waals surface area contributed by atoms with Crippen LogP contribution in [-0.4, -0.2) is 56.5 Å². The second-order valence-electron chi connectivity index (χ2n) is 9.86. The Kier molecular flexibility index (Phi) is 5.75. The van der Waals surface area contributed by atoms with Crippen LogP contribution in [0.1, 0.15) is 41.0 Å². The molecule has 0 radical (unpaired) electrons. The lowest BCUT2D eigenvalue weighted by atomic mass is 9.69. The number of ether oxygens (including phenoxy) is 4. The van der Waals surface area contributed by atoms with Crippen LogP contribution >= 0.6 is 0 Å². The Morgan fingerprint density at radius 1 is 1.08 bits per heavy atom. The van der Waals surface area contributed by atoms with Gasteiger partial charge >= 0.3 is 5.97 Å². The Labute approximate surface area is 216 Å². The van der Waals surface area contributed by atoms with Crippen LogP contribution in [0.3, 0.4) is 0 Å². The van der Waals surface area contributed by atoms with Gasteiger partial charge in [-0.2, -0.15) is 0 Å². The lowest BCUT2D eigenvalue weighted by Gasteiger charge is -2.51. The van der Waals surface area contributed by atoms with Gasteiger partial charge in [-0.1, -0.05) is 37.3 Å². The quantitative estimate of drug-likeness (QED) is 0.327. The van der Waals surface area contributed by atoms with Gasteiger partial charge in [-0.15, -0.1) is 0 Å². The van der Waals surface area contributed by atoms with E-state index in [1.165, 1.54) is 43.5 Å². The average molecular weight is 501 g/mol. The van der Waals surface area contributed by atoms with Gasteiger partial charge in [0.15, 0.2) is 11.5 Å². The molecule has 2 aromatic carbocycles. The number of fused-ring (bicyclic) bond motifs is 3. The average Bonchev–Trinajstić information content (AvgIpc) is 3.29. The lowest BCUT2D eigenvalue weighted by Crippen LogP contribution is -2.48. The van der Waals surface area contributed by atoms with Gasteiger partial charge in [0.1, 0.15) is 6.61 Å². The third-order valence-electron chi connectivity index (χ3n) is 8.16. The highest BCUT2D eigenvalue weighted by Crippen LogP contribution is 2.55. The fraction of sp³-hybridized carbons (Fsp3) is 0.367. The van der Waals surface area contributed by atoms with Gasteiger partial charge in [-0.3, -0.25) is 4.90 Å². The summed E-state index contributed by atoms with van der Waals surface area (Å²) in [5.41, 5.74) is 5.14. The van der Waals surface area contributed by atoms with Gasteiger partial charge in [0.25, 0.3) is 0 Å². The molecule has 6 rings (SSSR count). The summed E-state index contributed by atoms with van der Waals surface area (Å²) < 4.78 is 24.5. The normalized spacial score (nSPS) is 21.8. The van der Waals surface area contributed by atoms with Gasteiger partial charge in [-0.25, -0.2) is 4.79 Å². The van der Waals surface area contributed by atoms with Crippen LogP contribution in [0.15, 0.2) is 54.6 Å². The predicted molar refractivity (Wildman–Crippen MR) is 142 cm³/mol. The molecule has 3 aliphatic rings. The minimum absolute atomic E-state index is 0.133. The minimum Gasteiger partial charge on any atom is -0.493 e. The standard InChI is InChI=1S/C30H32N2O5/c1-5-30-12-8-13-31-14-11-22-21-9-6-7-10-23(21)32(26(22)28(30)31)20(17-30)18-37-29(33)19-15-24(34-2)27(36-4)25(16-19)35-3/h6-10,12,15-17,28H,5,11,13-14,18H2,1-4H3/t28-,30+/m1/s1. The molecule has 3 aromatic rings. The second-order valence-corrected chi connectivity index (χ2v) is 9.86. The van der Waals surface area contributed by atoms with Crippen molar-refractivity contribution in [3.8, 4) is 17.2 Å². The highest BCUT2D eigenvalue weighted by molar-refractivity contribution is 5.93. The first-order valence-corrected chi connectivity index (χ1v) is 12.8. The predicted octanol–water partition coefficient (Wildman–Crippen LogP) is 5.24. The summed E-state index contributed by atoms with van der Waals surface area (Å²) in [7, 11) is 4.59. The number of hydrogen-bond acceptors (Lipinski definition) is 6. The summed E-state index contributed by atoms with van der Waals surface area (Å²) in [5, 5.41) is 1.29. The van der Waals surface area contributed by atoms with Crippen molar-refractivity contribution in [3.63, 3.8) is 0 Å². The largest absolute Gasteiger partial charge is 0.493 e. The monoisotopic (exact) mass is 500 g/mol. The van der Waals surface area contributed by atoms with E-state index in [1.807, 2.05) is 0 Å². The fourth-order valence-electron chi connectivity index (χ4n) is 6.48. The maximum absolute atomic E-state index is 13.3. The number of benzene rings is 2. The molecule has 0 fully saturated rings. The summed E-state index contributed by atoms with van der Waals surface area (Å²) in [5.74, 6) is 0.818. The lowest BCUT2D eigenvalue weighted by molar-refractivity contribution is 0.0544. The molecule has 0 unspecified atom stereocenters. The van der Waals surface area contributed by atoms with Crippen LogP contribution in [0.4, 0.5) is 0 Å². The van der Waals surface area contributed by atoms with Crippen molar-refractivity contribution in [2.75, 3.05) is 41.0 Å².